The molecule has 23 heavy (non-hydrogen) atoms. The average molecular weight is 333 g/mol. The molecule has 0 aromatic heterocycles. The summed E-state index contributed by atoms with van der Waals surface area (Å²) in [7, 11) is 0. The van der Waals surface area contributed by atoms with Gasteiger partial charge in [0.15, 0.2) is 11.9 Å². The molecule has 0 unspecified atom stereocenters. The zero-order valence-corrected chi connectivity index (χ0v) is 13.6. The first-order chi connectivity index (χ1) is 11.0. The lowest BCUT2D eigenvalue weighted by atomic mass is 10.1. The van der Waals surface area contributed by atoms with E-state index in [-0.39, 0.29) is 5.84 Å². The van der Waals surface area contributed by atoms with Crippen LogP contribution in [0.1, 0.15) is 18.1 Å². The Morgan fingerprint density at radius 3 is 2.65 bits per heavy atom. The molecule has 5 nitrogen and oxygen atoms in total. The first-order valence-electron chi connectivity index (χ1n) is 6.99. The smallest absolute Gasteiger partial charge is 0.374 e. The third-order valence-corrected chi connectivity index (χ3v) is 3.22. The van der Waals surface area contributed by atoms with Crippen LogP contribution in [0.15, 0.2) is 53.7 Å². The third-order valence-electron chi connectivity index (χ3n) is 2.99. The van der Waals surface area contributed by atoms with Gasteiger partial charge in [-0.05, 0) is 38.1 Å². The molecule has 0 amide bonds. The molecule has 0 aliphatic carbocycles. The number of halogens is 1. The molecule has 0 saturated heterocycles. The fraction of sp³-hybridized carbons (Fsp3) is 0.176. The summed E-state index contributed by atoms with van der Waals surface area (Å²) in [6, 6.07) is 14.1. The van der Waals surface area contributed by atoms with Gasteiger partial charge in [-0.25, -0.2) is 4.79 Å². The highest BCUT2D eigenvalue weighted by Crippen LogP contribution is 2.18. The maximum atomic E-state index is 11.9. The van der Waals surface area contributed by atoms with Crippen LogP contribution in [0, 0.1) is 6.92 Å². The van der Waals surface area contributed by atoms with Crippen molar-refractivity contribution in [2.24, 2.45) is 10.9 Å². The SMILES string of the molecule is Cc1cccc(/C(N)=N\OC(=O)[C@@H](C)Oc2cccc(Cl)c2)c1. The van der Waals surface area contributed by atoms with Gasteiger partial charge in [0, 0.05) is 10.6 Å². The lowest BCUT2D eigenvalue weighted by Gasteiger charge is -2.12. The van der Waals surface area contributed by atoms with E-state index in [9.17, 15) is 4.79 Å². The number of nitrogens with zero attached hydrogens (tertiary/aromatic N) is 1. The first kappa shape index (κ1) is 16.8. The van der Waals surface area contributed by atoms with E-state index in [1.54, 1.807) is 37.3 Å². The molecule has 2 aromatic rings. The van der Waals surface area contributed by atoms with E-state index in [0.717, 1.165) is 5.56 Å². The van der Waals surface area contributed by atoms with Crippen molar-refractivity contribution in [2.75, 3.05) is 0 Å². The summed E-state index contributed by atoms with van der Waals surface area (Å²) in [6.45, 7) is 3.49. The molecule has 2 N–H and O–H groups in total. The second kappa shape index (κ2) is 7.65. The van der Waals surface area contributed by atoms with Crippen LogP contribution in [-0.2, 0) is 9.63 Å². The second-order valence-electron chi connectivity index (χ2n) is 4.97. The van der Waals surface area contributed by atoms with E-state index in [4.69, 9.17) is 26.9 Å². The van der Waals surface area contributed by atoms with Crippen LogP contribution in [0.2, 0.25) is 5.02 Å². The normalized spacial score (nSPS) is 12.6. The van der Waals surface area contributed by atoms with Gasteiger partial charge < -0.3 is 15.3 Å². The Balaban J connectivity index is 1.97. The van der Waals surface area contributed by atoms with Crippen molar-refractivity contribution in [3.8, 4) is 5.75 Å². The number of nitrogens with two attached hydrogens (primary N) is 1. The highest BCUT2D eigenvalue weighted by Gasteiger charge is 2.17. The van der Waals surface area contributed by atoms with Gasteiger partial charge in [0.1, 0.15) is 5.75 Å². The van der Waals surface area contributed by atoms with Gasteiger partial charge in [0.2, 0.25) is 0 Å². The largest absolute Gasteiger partial charge is 0.479 e. The first-order valence-corrected chi connectivity index (χ1v) is 7.37. The maximum absolute atomic E-state index is 11.9. The number of rotatable bonds is 5. The number of carbonyl (C=O) groups excluding carboxylic acids is 1. The molecule has 0 radical (unpaired) electrons. The van der Waals surface area contributed by atoms with Gasteiger partial charge in [-0.2, -0.15) is 0 Å². The highest BCUT2D eigenvalue weighted by molar-refractivity contribution is 6.30. The minimum absolute atomic E-state index is 0.122. The van der Waals surface area contributed by atoms with Crippen molar-refractivity contribution in [1.29, 1.82) is 0 Å². The fourth-order valence-corrected chi connectivity index (χ4v) is 2.00. The molecule has 0 aliphatic heterocycles. The molecule has 6 heteroatoms. The third kappa shape index (κ3) is 5.00. The summed E-state index contributed by atoms with van der Waals surface area (Å²) in [5.41, 5.74) is 7.51. The number of benzene rings is 2. The van der Waals surface area contributed by atoms with Gasteiger partial charge in [-0.15, -0.1) is 0 Å². The number of aryl methyl sites for hydroxylation is 1. The van der Waals surface area contributed by atoms with Crippen molar-refractivity contribution < 1.29 is 14.4 Å². The summed E-state index contributed by atoms with van der Waals surface area (Å²) >= 11 is 5.86. The Morgan fingerprint density at radius 2 is 1.96 bits per heavy atom. The molecular weight excluding hydrogens is 316 g/mol. The minimum atomic E-state index is -0.845. The fourth-order valence-electron chi connectivity index (χ4n) is 1.82. The number of carbonyl (C=O) groups is 1. The van der Waals surface area contributed by atoms with E-state index in [2.05, 4.69) is 5.16 Å². The van der Waals surface area contributed by atoms with E-state index >= 15 is 0 Å². The van der Waals surface area contributed by atoms with Crippen LogP contribution in [0.25, 0.3) is 0 Å². The Kier molecular flexibility index (Phi) is 5.60. The second-order valence-corrected chi connectivity index (χ2v) is 5.41. The van der Waals surface area contributed by atoms with Crippen LogP contribution < -0.4 is 10.5 Å². The van der Waals surface area contributed by atoms with Crippen LogP contribution in [-0.4, -0.2) is 17.9 Å². The van der Waals surface area contributed by atoms with Crippen molar-refractivity contribution in [1.82, 2.24) is 0 Å². The number of hydrogen-bond acceptors (Lipinski definition) is 4. The molecule has 2 rings (SSSR count). The number of oxime groups is 1. The van der Waals surface area contributed by atoms with E-state index < -0.39 is 12.1 Å². The van der Waals surface area contributed by atoms with Crippen molar-refractivity contribution in [3.63, 3.8) is 0 Å². The monoisotopic (exact) mass is 332 g/mol. The lowest BCUT2D eigenvalue weighted by Crippen LogP contribution is -2.26. The van der Waals surface area contributed by atoms with Gasteiger partial charge in [-0.3, -0.25) is 0 Å². The van der Waals surface area contributed by atoms with Gasteiger partial charge >= 0.3 is 5.97 Å². The maximum Gasteiger partial charge on any atom is 0.374 e. The van der Waals surface area contributed by atoms with Crippen molar-refractivity contribution in [3.05, 3.63) is 64.7 Å². The predicted octanol–water partition coefficient (Wildman–Crippen LogP) is 3.28. The molecule has 0 fully saturated rings. The summed E-state index contributed by atoms with van der Waals surface area (Å²) in [5, 5.41) is 4.17. The van der Waals surface area contributed by atoms with Crippen LogP contribution >= 0.6 is 11.6 Å². The number of hydrogen-bond donors (Lipinski definition) is 1. The standard InChI is InChI=1S/C17H17ClN2O3/c1-11-5-3-6-13(9-11)16(19)20-23-17(21)12(2)22-15-8-4-7-14(18)10-15/h3-10,12H,1-2H3,(H2,19,20)/t12-/m1/s1. The summed E-state index contributed by atoms with van der Waals surface area (Å²) in [5.74, 6) is -0.0600. The molecule has 1 atom stereocenters. The quantitative estimate of drug-likeness (QED) is 0.394. The molecule has 120 valence electrons. The van der Waals surface area contributed by atoms with Crippen LogP contribution in [0.4, 0.5) is 0 Å². The van der Waals surface area contributed by atoms with E-state index in [1.807, 2.05) is 25.1 Å². The van der Waals surface area contributed by atoms with Crippen molar-refractivity contribution >= 4 is 23.4 Å². The van der Waals surface area contributed by atoms with Gasteiger partial charge in [0.25, 0.3) is 0 Å². The topological polar surface area (TPSA) is 73.9 Å². The number of amidine groups is 1. The van der Waals surface area contributed by atoms with Gasteiger partial charge in [0.05, 0.1) is 0 Å². The summed E-state index contributed by atoms with van der Waals surface area (Å²) in [6.07, 6.45) is -0.845. The molecule has 0 spiro atoms. The molecule has 0 saturated carbocycles. The average Bonchev–Trinajstić information content (AvgIpc) is 2.52. The van der Waals surface area contributed by atoms with E-state index in [0.29, 0.717) is 16.3 Å². The summed E-state index contributed by atoms with van der Waals surface area (Å²) < 4.78 is 5.45. The number of ether oxygens (including phenoxy) is 1. The molecular formula is C17H17ClN2O3. The van der Waals surface area contributed by atoms with Crippen molar-refractivity contribution in [2.45, 2.75) is 20.0 Å². The zero-order valence-electron chi connectivity index (χ0n) is 12.8. The molecule has 0 aliphatic rings. The molecule has 2 aromatic carbocycles. The van der Waals surface area contributed by atoms with Crippen LogP contribution in [0.3, 0.4) is 0 Å². The van der Waals surface area contributed by atoms with Gasteiger partial charge in [-0.1, -0.05) is 46.6 Å². The highest BCUT2D eigenvalue weighted by atomic mass is 35.5. The minimum Gasteiger partial charge on any atom is -0.479 e. The Labute approximate surface area is 139 Å². The molecule has 0 bridgehead atoms. The van der Waals surface area contributed by atoms with E-state index in [1.165, 1.54) is 0 Å². The Hall–Kier alpha value is -2.53. The lowest BCUT2D eigenvalue weighted by molar-refractivity contribution is -0.151. The Morgan fingerprint density at radius 1 is 1.22 bits per heavy atom. The predicted molar refractivity (Wildman–Crippen MR) is 89.5 cm³/mol. The molecule has 0 heterocycles. The zero-order chi connectivity index (χ0) is 16.8. The van der Waals surface area contributed by atoms with Crippen LogP contribution in [0.5, 0.6) is 5.75 Å². The summed E-state index contributed by atoms with van der Waals surface area (Å²) in [4.78, 5) is 16.7. The Bertz CT molecular complexity index is 731.